The third-order valence-electron chi connectivity index (χ3n) is 5.01. The number of nitrogens with two attached hydrogens (primary N) is 1. The third kappa shape index (κ3) is 3.66. The van der Waals surface area contributed by atoms with Crippen molar-refractivity contribution in [1.29, 1.82) is 0 Å². The molecular formula is C20H25N3O2. The monoisotopic (exact) mass is 339 g/mol. The topological polar surface area (TPSA) is 68.5 Å². The predicted molar refractivity (Wildman–Crippen MR) is 98.5 cm³/mol. The minimum absolute atomic E-state index is 0.0165. The van der Waals surface area contributed by atoms with Crippen LogP contribution in [0.25, 0.3) is 11.1 Å². The summed E-state index contributed by atoms with van der Waals surface area (Å²) < 4.78 is 5.19. The van der Waals surface area contributed by atoms with E-state index in [4.69, 9.17) is 10.5 Å². The lowest BCUT2D eigenvalue weighted by Crippen LogP contribution is -2.54. The van der Waals surface area contributed by atoms with Gasteiger partial charge in [0.25, 0.3) is 5.91 Å². The van der Waals surface area contributed by atoms with Crippen molar-refractivity contribution < 1.29 is 9.53 Å². The molecule has 2 heterocycles. The highest BCUT2D eigenvalue weighted by Gasteiger charge is 2.35. The van der Waals surface area contributed by atoms with E-state index in [-0.39, 0.29) is 17.4 Å². The average molecular weight is 339 g/mol. The van der Waals surface area contributed by atoms with Crippen molar-refractivity contribution in [2.75, 3.05) is 20.2 Å². The summed E-state index contributed by atoms with van der Waals surface area (Å²) in [6.45, 7) is 5.59. The van der Waals surface area contributed by atoms with Gasteiger partial charge in [0.2, 0.25) is 0 Å². The van der Waals surface area contributed by atoms with E-state index in [2.05, 4.69) is 18.8 Å². The van der Waals surface area contributed by atoms with Gasteiger partial charge in [-0.25, -0.2) is 0 Å². The highest BCUT2D eigenvalue weighted by Crippen LogP contribution is 2.29. The van der Waals surface area contributed by atoms with E-state index in [1.165, 1.54) is 0 Å². The van der Waals surface area contributed by atoms with Crippen LogP contribution in [0, 0.1) is 5.41 Å². The number of pyridine rings is 1. The molecule has 1 unspecified atom stereocenters. The molecule has 1 fully saturated rings. The number of methoxy groups -OCH3 is 1. The Kier molecular flexibility index (Phi) is 4.77. The average Bonchev–Trinajstić information content (AvgIpc) is 2.63. The number of ether oxygens (including phenoxy) is 1. The predicted octanol–water partition coefficient (Wildman–Crippen LogP) is 2.96. The van der Waals surface area contributed by atoms with Gasteiger partial charge in [-0.1, -0.05) is 26.0 Å². The smallest absolute Gasteiger partial charge is 0.255 e. The van der Waals surface area contributed by atoms with Gasteiger partial charge in [-0.3, -0.25) is 9.78 Å². The molecule has 3 rings (SSSR count). The van der Waals surface area contributed by atoms with Crippen molar-refractivity contribution in [3.05, 3.63) is 48.3 Å². The molecular weight excluding hydrogens is 314 g/mol. The number of rotatable bonds is 3. The van der Waals surface area contributed by atoms with E-state index in [1.54, 1.807) is 19.5 Å². The van der Waals surface area contributed by atoms with Crippen molar-refractivity contribution in [1.82, 2.24) is 9.88 Å². The fourth-order valence-electron chi connectivity index (χ4n) is 3.23. The zero-order chi connectivity index (χ0) is 18.0. The Morgan fingerprint density at radius 3 is 2.60 bits per heavy atom. The number of amides is 1. The second kappa shape index (κ2) is 6.84. The molecule has 5 heteroatoms. The quantitative estimate of drug-likeness (QED) is 0.933. The molecule has 1 aromatic heterocycles. The highest BCUT2D eigenvalue weighted by molar-refractivity contribution is 5.95. The Labute approximate surface area is 148 Å². The lowest BCUT2D eigenvalue weighted by molar-refractivity contribution is 0.0532. The molecule has 25 heavy (non-hydrogen) atoms. The van der Waals surface area contributed by atoms with Crippen molar-refractivity contribution in [3.8, 4) is 16.9 Å². The van der Waals surface area contributed by atoms with Crippen molar-refractivity contribution >= 4 is 5.91 Å². The summed E-state index contributed by atoms with van der Waals surface area (Å²) in [7, 11) is 1.64. The summed E-state index contributed by atoms with van der Waals surface area (Å²) in [6.07, 6.45) is 4.23. The first kappa shape index (κ1) is 17.4. The molecule has 2 N–H and O–H groups in total. The van der Waals surface area contributed by atoms with E-state index in [9.17, 15) is 4.79 Å². The standard InChI is InChI=1S/C20H25N3O2/c1-20(2)13-23(9-8-18(20)21)19(24)16-10-15(11-22-12-16)14-4-6-17(25-3)7-5-14/h4-7,10-12,18H,8-9,13,21H2,1-3H3. The number of benzene rings is 1. The molecule has 1 aromatic carbocycles. The first-order valence-electron chi connectivity index (χ1n) is 8.55. The minimum Gasteiger partial charge on any atom is -0.497 e. The van der Waals surface area contributed by atoms with Gasteiger partial charge in [-0.05, 0) is 35.6 Å². The number of carbonyl (C=O) groups excluding carboxylic acids is 1. The molecule has 5 nitrogen and oxygen atoms in total. The number of aromatic nitrogens is 1. The fraction of sp³-hybridized carbons (Fsp3) is 0.400. The zero-order valence-corrected chi connectivity index (χ0v) is 15.0. The molecule has 132 valence electrons. The summed E-state index contributed by atoms with van der Waals surface area (Å²) in [4.78, 5) is 19.1. The third-order valence-corrected chi connectivity index (χ3v) is 5.01. The molecule has 1 amide bonds. The second-order valence-electron chi connectivity index (χ2n) is 7.30. The van der Waals surface area contributed by atoms with Crippen LogP contribution in [0.4, 0.5) is 0 Å². The number of nitrogens with zero attached hydrogens (tertiary/aromatic N) is 2. The number of carbonyl (C=O) groups is 1. The molecule has 1 aliphatic rings. The number of likely N-dealkylation sites (tertiary alicyclic amines) is 1. The molecule has 0 radical (unpaired) electrons. The van der Waals surface area contributed by atoms with Gasteiger partial charge in [0.1, 0.15) is 5.75 Å². The maximum atomic E-state index is 12.9. The lowest BCUT2D eigenvalue weighted by atomic mass is 9.79. The fourth-order valence-corrected chi connectivity index (χ4v) is 3.23. The maximum absolute atomic E-state index is 12.9. The van der Waals surface area contributed by atoms with Gasteiger partial charge >= 0.3 is 0 Å². The first-order valence-corrected chi connectivity index (χ1v) is 8.55. The summed E-state index contributed by atoms with van der Waals surface area (Å²) >= 11 is 0. The lowest BCUT2D eigenvalue weighted by Gasteiger charge is -2.42. The van der Waals surface area contributed by atoms with Gasteiger partial charge < -0.3 is 15.4 Å². The SMILES string of the molecule is COc1ccc(-c2cncc(C(=O)N3CCC(N)C(C)(C)C3)c2)cc1. The zero-order valence-electron chi connectivity index (χ0n) is 15.0. The highest BCUT2D eigenvalue weighted by atomic mass is 16.5. The molecule has 1 saturated heterocycles. The second-order valence-corrected chi connectivity index (χ2v) is 7.30. The summed E-state index contributed by atoms with van der Waals surface area (Å²) in [5.74, 6) is 0.818. The number of hydrogen-bond donors (Lipinski definition) is 1. The van der Waals surface area contributed by atoms with E-state index in [0.29, 0.717) is 18.7 Å². The Morgan fingerprint density at radius 1 is 1.24 bits per heavy atom. The molecule has 0 spiro atoms. The van der Waals surface area contributed by atoms with Crippen LogP contribution in [0.5, 0.6) is 5.75 Å². The van der Waals surface area contributed by atoms with Crippen molar-refractivity contribution in [2.45, 2.75) is 26.3 Å². The molecule has 0 saturated carbocycles. The molecule has 0 aliphatic carbocycles. The van der Waals surface area contributed by atoms with Gasteiger partial charge in [-0.15, -0.1) is 0 Å². The largest absolute Gasteiger partial charge is 0.497 e. The van der Waals surface area contributed by atoms with Crippen LogP contribution < -0.4 is 10.5 Å². The van der Waals surface area contributed by atoms with Crippen LogP contribution in [0.2, 0.25) is 0 Å². The molecule has 1 aliphatic heterocycles. The minimum atomic E-state index is -0.0745. The van der Waals surface area contributed by atoms with Crippen LogP contribution in [0.15, 0.2) is 42.7 Å². The van der Waals surface area contributed by atoms with Crippen LogP contribution >= 0.6 is 0 Å². The normalized spacial score (nSPS) is 19.5. The van der Waals surface area contributed by atoms with Crippen molar-refractivity contribution in [2.24, 2.45) is 11.1 Å². The van der Waals surface area contributed by atoms with E-state index in [0.717, 1.165) is 23.3 Å². The number of hydrogen-bond acceptors (Lipinski definition) is 4. The van der Waals surface area contributed by atoms with Crippen LogP contribution in [0.1, 0.15) is 30.6 Å². The van der Waals surface area contributed by atoms with Crippen LogP contribution in [-0.2, 0) is 0 Å². The Balaban J connectivity index is 1.82. The molecule has 1 atom stereocenters. The van der Waals surface area contributed by atoms with Gasteiger partial charge in [0, 0.05) is 37.1 Å². The van der Waals surface area contributed by atoms with E-state index < -0.39 is 0 Å². The molecule has 0 bridgehead atoms. The van der Waals surface area contributed by atoms with E-state index >= 15 is 0 Å². The Bertz CT molecular complexity index is 756. The van der Waals surface area contributed by atoms with Gasteiger partial charge in [-0.2, -0.15) is 0 Å². The Hall–Kier alpha value is -2.40. The summed E-state index contributed by atoms with van der Waals surface area (Å²) in [6, 6.07) is 9.76. The maximum Gasteiger partial charge on any atom is 0.255 e. The van der Waals surface area contributed by atoms with Crippen LogP contribution in [0.3, 0.4) is 0 Å². The number of piperidine rings is 1. The van der Waals surface area contributed by atoms with Gasteiger partial charge in [0.05, 0.1) is 12.7 Å². The molecule has 2 aromatic rings. The van der Waals surface area contributed by atoms with Crippen LogP contribution in [-0.4, -0.2) is 42.0 Å². The van der Waals surface area contributed by atoms with E-state index in [1.807, 2.05) is 35.2 Å². The first-order chi connectivity index (χ1) is 11.9. The van der Waals surface area contributed by atoms with Crippen molar-refractivity contribution in [3.63, 3.8) is 0 Å². The summed E-state index contributed by atoms with van der Waals surface area (Å²) in [5, 5.41) is 0. The van der Waals surface area contributed by atoms with Gasteiger partial charge in [0.15, 0.2) is 0 Å². The summed E-state index contributed by atoms with van der Waals surface area (Å²) in [5.41, 5.74) is 8.63. The Morgan fingerprint density at radius 2 is 1.96 bits per heavy atom.